The van der Waals surface area contributed by atoms with Crippen LogP contribution >= 0.6 is 0 Å². The maximum atomic E-state index is 6.53. The van der Waals surface area contributed by atoms with E-state index in [2.05, 4.69) is 164 Å². The van der Waals surface area contributed by atoms with Crippen LogP contribution in [-0.2, 0) is 0 Å². The first-order valence-corrected chi connectivity index (χ1v) is 18.7. The smallest absolute Gasteiger partial charge is 0.164 e. The van der Waals surface area contributed by atoms with Crippen molar-refractivity contribution in [3.63, 3.8) is 0 Å². The molecular weight excluding hydrogens is 687 g/mol. The van der Waals surface area contributed by atoms with Crippen molar-refractivity contribution in [1.82, 2.24) is 15.0 Å². The van der Waals surface area contributed by atoms with Crippen molar-refractivity contribution in [1.29, 1.82) is 0 Å². The van der Waals surface area contributed by atoms with E-state index in [-0.39, 0.29) is 0 Å². The van der Waals surface area contributed by atoms with Crippen LogP contribution in [0.1, 0.15) is 0 Å². The highest BCUT2D eigenvalue weighted by atomic mass is 16.3. The molecule has 0 N–H and O–H groups in total. The third kappa shape index (κ3) is 4.84. The van der Waals surface area contributed by atoms with Gasteiger partial charge in [0.25, 0.3) is 0 Å². The van der Waals surface area contributed by atoms with Gasteiger partial charge in [-0.15, -0.1) is 0 Å². The summed E-state index contributed by atoms with van der Waals surface area (Å²) in [5.74, 6) is 1.81. The molecule has 0 fully saturated rings. The van der Waals surface area contributed by atoms with Crippen molar-refractivity contribution in [3.8, 4) is 45.3 Å². The maximum absolute atomic E-state index is 6.53. The lowest BCUT2D eigenvalue weighted by molar-refractivity contribution is 0.669. The van der Waals surface area contributed by atoms with Crippen LogP contribution in [-0.4, -0.2) is 15.0 Å². The van der Waals surface area contributed by atoms with E-state index in [0.717, 1.165) is 98.6 Å². The molecule has 0 aliphatic carbocycles. The minimum absolute atomic E-state index is 0.583. The average molecular weight is 716 g/mol. The number of hydrogen-bond donors (Lipinski definition) is 0. The monoisotopic (exact) mass is 715 g/mol. The number of furan rings is 2. The van der Waals surface area contributed by atoms with Gasteiger partial charge in [0.15, 0.2) is 17.5 Å². The number of hydrogen-bond acceptors (Lipinski definition) is 5. The van der Waals surface area contributed by atoms with Crippen LogP contribution in [0.3, 0.4) is 0 Å². The quantitative estimate of drug-likeness (QED) is 0.181. The van der Waals surface area contributed by atoms with Crippen molar-refractivity contribution < 1.29 is 8.83 Å². The number of rotatable bonds is 4. The van der Waals surface area contributed by atoms with Crippen LogP contribution in [0.15, 0.2) is 185 Å². The number of fused-ring (bicyclic) bond motifs is 9. The average Bonchev–Trinajstić information content (AvgIpc) is 3.82. The summed E-state index contributed by atoms with van der Waals surface area (Å²) < 4.78 is 13.0. The normalized spacial score (nSPS) is 11.9. The molecule has 0 spiro atoms. The molecule has 0 saturated carbocycles. The summed E-state index contributed by atoms with van der Waals surface area (Å²) in [7, 11) is 0. The molecule has 12 rings (SSSR count). The summed E-state index contributed by atoms with van der Waals surface area (Å²) >= 11 is 0. The molecule has 0 radical (unpaired) electrons. The van der Waals surface area contributed by atoms with Gasteiger partial charge in [-0.05, 0) is 92.0 Å². The van der Waals surface area contributed by atoms with E-state index < -0.39 is 0 Å². The predicted molar refractivity (Wildman–Crippen MR) is 229 cm³/mol. The Balaban J connectivity index is 1.08. The molecule has 3 heterocycles. The molecule has 260 valence electrons. The Labute approximate surface area is 320 Å². The molecule has 5 heteroatoms. The first kappa shape index (κ1) is 30.8. The highest BCUT2D eigenvalue weighted by Crippen LogP contribution is 2.42. The van der Waals surface area contributed by atoms with Crippen molar-refractivity contribution in [2.24, 2.45) is 0 Å². The largest absolute Gasteiger partial charge is 0.456 e. The molecule has 3 aromatic heterocycles. The second-order valence-electron chi connectivity index (χ2n) is 14.4. The van der Waals surface area contributed by atoms with Crippen molar-refractivity contribution in [2.45, 2.75) is 0 Å². The summed E-state index contributed by atoms with van der Waals surface area (Å²) in [4.78, 5) is 15.5. The Morgan fingerprint density at radius 3 is 1.41 bits per heavy atom. The minimum Gasteiger partial charge on any atom is -0.456 e. The zero-order valence-corrected chi connectivity index (χ0v) is 29.9. The summed E-state index contributed by atoms with van der Waals surface area (Å²) in [6, 6.07) is 61.1. The molecule has 12 aromatic rings. The molecular formula is C51H29N3O2. The lowest BCUT2D eigenvalue weighted by Crippen LogP contribution is -2.00. The first-order valence-electron chi connectivity index (χ1n) is 18.7. The fraction of sp³-hybridized carbons (Fsp3) is 0. The van der Waals surface area contributed by atoms with Gasteiger partial charge in [0, 0.05) is 38.2 Å². The fourth-order valence-electron chi connectivity index (χ4n) is 8.34. The highest BCUT2D eigenvalue weighted by Gasteiger charge is 2.20. The van der Waals surface area contributed by atoms with E-state index in [4.69, 9.17) is 23.8 Å². The molecule has 9 aromatic carbocycles. The third-order valence-electron chi connectivity index (χ3n) is 11.1. The van der Waals surface area contributed by atoms with E-state index >= 15 is 0 Å². The molecule has 0 aliphatic rings. The van der Waals surface area contributed by atoms with E-state index in [1.54, 1.807) is 0 Å². The van der Waals surface area contributed by atoms with E-state index in [0.29, 0.717) is 17.5 Å². The van der Waals surface area contributed by atoms with E-state index in [9.17, 15) is 0 Å². The molecule has 5 nitrogen and oxygen atoms in total. The molecule has 56 heavy (non-hydrogen) atoms. The van der Waals surface area contributed by atoms with Gasteiger partial charge in [0.1, 0.15) is 22.3 Å². The Bertz CT molecular complexity index is 3460. The van der Waals surface area contributed by atoms with Crippen LogP contribution in [0.25, 0.3) is 121 Å². The Morgan fingerprint density at radius 1 is 0.286 bits per heavy atom. The summed E-state index contributed by atoms with van der Waals surface area (Å²) in [6.07, 6.45) is 0. The molecule has 0 bridgehead atoms. The molecule has 0 unspecified atom stereocenters. The van der Waals surface area contributed by atoms with Crippen LogP contribution in [0.5, 0.6) is 0 Å². The molecule has 0 amide bonds. The van der Waals surface area contributed by atoms with Gasteiger partial charge >= 0.3 is 0 Å². The van der Waals surface area contributed by atoms with Gasteiger partial charge in [-0.3, -0.25) is 0 Å². The first-order chi connectivity index (χ1) is 27.7. The van der Waals surface area contributed by atoms with Crippen molar-refractivity contribution in [3.05, 3.63) is 176 Å². The standard InChI is InChI=1S/C51H29N3O2/c1-3-11-32-25-37(21-19-30(32)9-1)49-52-50(38-22-20-31-10-2-4-12-33(31)26-38)54-51(53-49)40-16-8-18-45-48(40)41-28-36(23-24-43(41)55-45)39-15-7-17-44-47(39)42-27-34-13-5-6-14-35(34)29-46(42)56-44/h1-29H. The third-order valence-corrected chi connectivity index (χ3v) is 11.1. The predicted octanol–water partition coefficient (Wildman–Crippen LogP) is 13.8. The van der Waals surface area contributed by atoms with Gasteiger partial charge in [0.2, 0.25) is 0 Å². The SMILES string of the molecule is c1ccc2cc(-c3nc(-c4ccc5ccccc5c4)nc(-c4cccc5oc6ccc(-c7cccc8oc9cc%10ccccc%10cc9c78)cc6c45)n3)ccc2c1. The Kier molecular flexibility index (Phi) is 6.56. The van der Waals surface area contributed by atoms with Gasteiger partial charge in [-0.1, -0.05) is 127 Å². The van der Waals surface area contributed by atoms with Gasteiger partial charge < -0.3 is 8.83 Å². The van der Waals surface area contributed by atoms with Crippen molar-refractivity contribution in [2.75, 3.05) is 0 Å². The second-order valence-corrected chi connectivity index (χ2v) is 14.4. The van der Waals surface area contributed by atoms with Crippen LogP contribution in [0.2, 0.25) is 0 Å². The van der Waals surface area contributed by atoms with E-state index in [1.165, 1.54) is 5.39 Å². The Morgan fingerprint density at radius 2 is 0.768 bits per heavy atom. The van der Waals surface area contributed by atoms with Crippen LogP contribution in [0, 0.1) is 0 Å². The summed E-state index contributed by atoms with van der Waals surface area (Å²) in [6.45, 7) is 0. The van der Waals surface area contributed by atoms with E-state index in [1.807, 2.05) is 12.1 Å². The molecule has 0 aliphatic heterocycles. The van der Waals surface area contributed by atoms with Crippen LogP contribution < -0.4 is 0 Å². The van der Waals surface area contributed by atoms with Crippen LogP contribution in [0.4, 0.5) is 0 Å². The number of nitrogens with zero attached hydrogens (tertiary/aromatic N) is 3. The highest BCUT2D eigenvalue weighted by molar-refractivity contribution is 6.17. The summed E-state index contributed by atoms with van der Waals surface area (Å²) in [5.41, 5.74) is 8.20. The van der Waals surface area contributed by atoms with Gasteiger partial charge in [-0.2, -0.15) is 0 Å². The molecule has 0 atom stereocenters. The zero-order chi connectivity index (χ0) is 36.7. The summed E-state index contributed by atoms with van der Waals surface area (Å²) in [5, 5.41) is 11.1. The topological polar surface area (TPSA) is 65.0 Å². The lowest BCUT2D eigenvalue weighted by Gasteiger charge is -2.10. The number of benzene rings is 9. The van der Waals surface area contributed by atoms with Gasteiger partial charge in [-0.25, -0.2) is 15.0 Å². The fourth-order valence-corrected chi connectivity index (χ4v) is 8.34. The molecule has 0 saturated heterocycles. The second kappa shape index (κ2) is 11.9. The Hall–Kier alpha value is -7.63. The number of aromatic nitrogens is 3. The van der Waals surface area contributed by atoms with Crippen molar-refractivity contribution >= 4 is 76.2 Å². The zero-order valence-electron chi connectivity index (χ0n) is 29.9. The maximum Gasteiger partial charge on any atom is 0.164 e. The van der Waals surface area contributed by atoms with Gasteiger partial charge in [0.05, 0.1) is 0 Å². The lowest BCUT2D eigenvalue weighted by atomic mass is 9.96. The minimum atomic E-state index is 0.583.